The summed E-state index contributed by atoms with van der Waals surface area (Å²) in [6.45, 7) is 4.07. The number of ether oxygens (including phenoxy) is 3. The van der Waals surface area contributed by atoms with Crippen LogP contribution in [0.3, 0.4) is 0 Å². The smallest absolute Gasteiger partial charge is 0.363 e. The first-order chi connectivity index (χ1) is 17.3. The van der Waals surface area contributed by atoms with Gasteiger partial charge in [-0.3, -0.25) is 10.1 Å². The van der Waals surface area contributed by atoms with Gasteiger partial charge in [-0.2, -0.15) is 0 Å². The van der Waals surface area contributed by atoms with E-state index in [0.29, 0.717) is 39.8 Å². The Bertz CT molecular complexity index is 1420. The third kappa shape index (κ3) is 5.58. The molecule has 0 fully saturated rings. The van der Waals surface area contributed by atoms with Gasteiger partial charge in [-0.25, -0.2) is 9.79 Å². The first-order valence-electron chi connectivity index (χ1n) is 10.9. The van der Waals surface area contributed by atoms with Crippen molar-refractivity contribution in [1.82, 2.24) is 0 Å². The summed E-state index contributed by atoms with van der Waals surface area (Å²) < 4.78 is 17.9. The number of carbonyl (C=O) groups is 1. The maximum atomic E-state index is 12.5. The zero-order valence-electron chi connectivity index (χ0n) is 19.3. The Morgan fingerprint density at radius 3 is 2.67 bits per heavy atom. The molecule has 0 amide bonds. The summed E-state index contributed by atoms with van der Waals surface area (Å²) in [6, 6.07) is 15.5. The van der Waals surface area contributed by atoms with Gasteiger partial charge >= 0.3 is 5.97 Å². The van der Waals surface area contributed by atoms with Crippen LogP contribution in [0, 0.1) is 17.0 Å². The molecule has 3 aromatic carbocycles. The number of halogens is 2. The van der Waals surface area contributed by atoms with E-state index in [1.807, 2.05) is 31.2 Å². The fraction of sp³-hybridized carbons (Fsp3) is 0.154. The highest BCUT2D eigenvalue weighted by atomic mass is 79.9. The first kappa shape index (κ1) is 25.4. The maximum absolute atomic E-state index is 12.5. The third-order valence-electron chi connectivity index (χ3n) is 5.26. The van der Waals surface area contributed by atoms with E-state index in [-0.39, 0.29) is 23.9 Å². The molecule has 0 saturated heterocycles. The molecule has 0 spiro atoms. The van der Waals surface area contributed by atoms with Gasteiger partial charge in [0.25, 0.3) is 5.69 Å². The van der Waals surface area contributed by atoms with Gasteiger partial charge in [0.1, 0.15) is 6.61 Å². The predicted octanol–water partition coefficient (Wildman–Crippen LogP) is 6.64. The number of esters is 1. The third-order valence-corrected chi connectivity index (χ3v) is 6.03. The van der Waals surface area contributed by atoms with Crippen molar-refractivity contribution in [3.8, 4) is 11.5 Å². The molecule has 10 heteroatoms. The molecule has 0 unspecified atom stereocenters. The van der Waals surface area contributed by atoms with E-state index < -0.39 is 10.9 Å². The zero-order valence-corrected chi connectivity index (χ0v) is 21.6. The van der Waals surface area contributed by atoms with Crippen LogP contribution >= 0.6 is 27.5 Å². The summed E-state index contributed by atoms with van der Waals surface area (Å²) in [7, 11) is 0. The van der Waals surface area contributed by atoms with Crippen LogP contribution in [0.15, 0.2) is 69.8 Å². The van der Waals surface area contributed by atoms with Crippen molar-refractivity contribution in [2.24, 2.45) is 4.99 Å². The van der Waals surface area contributed by atoms with Crippen molar-refractivity contribution in [2.75, 3.05) is 6.61 Å². The van der Waals surface area contributed by atoms with Crippen molar-refractivity contribution in [3.05, 3.63) is 102 Å². The van der Waals surface area contributed by atoms with Crippen LogP contribution in [-0.4, -0.2) is 23.4 Å². The minimum absolute atomic E-state index is 0.00226. The minimum Gasteiger partial charge on any atom is -0.490 e. The molecule has 184 valence electrons. The van der Waals surface area contributed by atoms with Gasteiger partial charge in [-0.15, -0.1) is 0 Å². The summed E-state index contributed by atoms with van der Waals surface area (Å²) in [4.78, 5) is 27.5. The number of nitro benzene ring substituents is 1. The van der Waals surface area contributed by atoms with Gasteiger partial charge < -0.3 is 14.2 Å². The van der Waals surface area contributed by atoms with Crippen molar-refractivity contribution in [3.63, 3.8) is 0 Å². The molecular formula is C26H20BrClN2O6. The van der Waals surface area contributed by atoms with E-state index in [1.165, 1.54) is 18.2 Å². The molecule has 0 atom stereocenters. The van der Waals surface area contributed by atoms with Gasteiger partial charge in [0.2, 0.25) is 5.90 Å². The van der Waals surface area contributed by atoms with Gasteiger partial charge in [0, 0.05) is 21.7 Å². The van der Waals surface area contributed by atoms with Crippen LogP contribution in [0.1, 0.15) is 29.2 Å². The van der Waals surface area contributed by atoms with E-state index in [9.17, 15) is 14.9 Å². The second-order valence-corrected chi connectivity index (χ2v) is 9.05. The van der Waals surface area contributed by atoms with Crippen LogP contribution in [0.25, 0.3) is 6.08 Å². The van der Waals surface area contributed by atoms with Crippen molar-refractivity contribution in [2.45, 2.75) is 20.5 Å². The van der Waals surface area contributed by atoms with Gasteiger partial charge in [0.05, 0.1) is 16.6 Å². The number of hydrogen-bond acceptors (Lipinski definition) is 7. The van der Waals surface area contributed by atoms with Gasteiger partial charge in [-0.1, -0.05) is 45.7 Å². The average Bonchev–Trinajstić information content (AvgIpc) is 3.18. The Kier molecular flexibility index (Phi) is 7.71. The van der Waals surface area contributed by atoms with Gasteiger partial charge in [0.15, 0.2) is 17.2 Å². The molecular weight excluding hydrogens is 552 g/mol. The molecule has 0 N–H and O–H groups in total. The fourth-order valence-electron chi connectivity index (χ4n) is 3.59. The lowest BCUT2D eigenvalue weighted by atomic mass is 10.1. The topological polar surface area (TPSA) is 100 Å². The van der Waals surface area contributed by atoms with E-state index in [1.54, 1.807) is 25.1 Å². The molecule has 0 aliphatic carbocycles. The van der Waals surface area contributed by atoms with Gasteiger partial charge in [-0.05, 0) is 61.4 Å². The van der Waals surface area contributed by atoms with E-state index >= 15 is 0 Å². The van der Waals surface area contributed by atoms with Crippen LogP contribution < -0.4 is 9.47 Å². The number of aliphatic imine (C=N–C) groups is 1. The Morgan fingerprint density at radius 2 is 1.94 bits per heavy atom. The Hall–Kier alpha value is -3.69. The maximum Gasteiger partial charge on any atom is 0.363 e. The largest absolute Gasteiger partial charge is 0.490 e. The normalized spacial score (nSPS) is 13.9. The second-order valence-electron chi connectivity index (χ2n) is 7.72. The zero-order chi connectivity index (χ0) is 25.8. The van der Waals surface area contributed by atoms with Crippen LogP contribution in [0.2, 0.25) is 5.02 Å². The summed E-state index contributed by atoms with van der Waals surface area (Å²) in [5, 5.41) is 11.6. The summed E-state index contributed by atoms with van der Waals surface area (Å²) >= 11 is 9.96. The second kappa shape index (κ2) is 10.9. The number of carbonyl (C=O) groups excluding carboxylic acids is 1. The number of rotatable bonds is 8. The van der Waals surface area contributed by atoms with E-state index in [2.05, 4.69) is 20.9 Å². The van der Waals surface area contributed by atoms with Crippen LogP contribution in [0.5, 0.6) is 11.5 Å². The van der Waals surface area contributed by atoms with Crippen LogP contribution in [0.4, 0.5) is 5.69 Å². The highest BCUT2D eigenvalue weighted by Gasteiger charge is 2.27. The van der Waals surface area contributed by atoms with Crippen molar-refractivity contribution < 1.29 is 23.9 Å². The molecule has 0 radical (unpaired) electrons. The Labute approximate surface area is 220 Å². The number of nitrogens with zero attached hydrogens (tertiary/aromatic N) is 2. The monoisotopic (exact) mass is 570 g/mol. The quantitative estimate of drug-likeness (QED) is 0.130. The molecule has 0 bridgehead atoms. The fourth-order valence-corrected chi connectivity index (χ4v) is 4.31. The first-order valence-corrected chi connectivity index (χ1v) is 12.0. The standard InChI is InChI=1S/C26H20BrClN2O6/c1-3-34-23-13-17(11-20(28)24(23)35-14-16-6-4-7-18(27)10-16)12-21-26(31)36-25(29-21)19-8-5-9-22(15(19)2)30(32)33/h4-13H,3,14H2,1-2H3/b21-12-. The summed E-state index contributed by atoms with van der Waals surface area (Å²) in [5.41, 5.74) is 2.15. The molecule has 4 rings (SSSR count). The SMILES string of the molecule is CCOc1cc(/C=C2\N=C(c3cccc([N+](=O)[O-])c3C)OC2=O)cc(Cl)c1OCc1cccc(Br)c1. The Balaban J connectivity index is 1.64. The molecule has 1 heterocycles. The molecule has 8 nitrogen and oxygen atoms in total. The molecule has 1 aliphatic rings. The molecule has 0 aromatic heterocycles. The highest BCUT2D eigenvalue weighted by Crippen LogP contribution is 2.38. The molecule has 3 aromatic rings. The summed E-state index contributed by atoms with van der Waals surface area (Å²) in [5.74, 6) is 0.112. The van der Waals surface area contributed by atoms with Crippen LogP contribution in [-0.2, 0) is 16.1 Å². The van der Waals surface area contributed by atoms with E-state index in [0.717, 1.165) is 10.0 Å². The number of benzene rings is 3. The molecule has 36 heavy (non-hydrogen) atoms. The Morgan fingerprint density at radius 1 is 1.17 bits per heavy atom. The van der Waals surface area contributed by atoms with Crippen molar-refractivity contribution >= 4 is 51.2 Å². The van der Waals surface area contributed by atoms with Crippen molar-refractivity contribution in [1.29, 1.82) is 0 Å². The summed E-state index contributed by atoms with van der Waals surface area (Å²) in [6.07, 6.45) is 1.51. The lowest BCUT2D eigenvalue weighted by Gasteiger charge is -2.14. The number of hydrogen-bond donors (Lipinski definition) is 0. The molecule has 1 aliphatic heterocycles. The minimum atomic E-state index is -0.681. The van der Waals surface area contributed by atoms with E-state index in [4.69, 9.17) is 25.8 Å². The lowest BCUT2D eigenvalue weighted by Crippen LogP contribution is -2.08. The average molecular weight is 572 g/mol. The number of cyclic esters (lactones) is 1. The highest BCUT2D eigenvalue weighted by molar-refractivity contribution is 9.10. The molecule has 0 saturated carbocycles. The lowest BCUT2D eigenvalue weighted by molar-refractivity contribution is -0.385. The number of nitro groups is 1. The predicted molar refractivity (Wildman–Crippen MR) is 140 cm³/mol.